The van der Waals surface area contributed by atoms with Gasteiger partial charge in [0.15, 0.2) is 0 Å². The monoisotopic (exact) mass is 392 g/mol. The minimum Gasteiger partial charge on any atom is -0.497 e. The summed E-state index contributed by atoms with van der Waals surface area (Å²) in [6, 6.07) is 16.9. The molecule has 0 bridgehead atoms. The fourth-order valence-electron chi connectivity index (χ4n) is 4.02. The predicted molar refractivity (Wildman–Crippen MR) is 123 cm³/mol. The first-order chi connectivity index (χ1) is 14.3. The summed E-state index contributed by atoms with van der Waals surface area (Å²) in [4.78, 5) is 4.94. The lowest BCUT2D eigenvalue weighted by atomic mass is 10.1. The van der Waals surface area contributed by atoms with Crippen LogP contribution < -0.4 is 4.74 Å². The molecule has 3 aromatic rings. The number of unbranched alkanes of at least 4 members (excludes halogenated alkanes) is 8. The maximum atomic E-state index is 5.28. The normalized spacial score (nSPS) is 11.2. The number of imidazole rings is 1. The van der Waals surface area contributed by atoms with Gasteiger partial charge in [0.05, 0.1) is 18.1 Å². The Balaban J connectivity index is 1.57. The van der Waals surface area contributed by atoms with Crippen LogP contribution in [0.15, 0.2) is 48.5 Å². The number of methoxy groups -OCH3 is 1. The molecule has 0 aliphatic heterocycles. The molecule has 0 fully saturated rings. The van der Waals surface area contributed by atoms with Crippen molar-refractivity contribution in [3.05, 3.63) is 59.9 Å². The number of nitrogens with zero attached hydrogens (tertiary/aromatic N) is 2. The van der Waals surface area contributed by atoms with Gasteiger partial charge in [-0.1, -0.05) is 82.6 Å². The first-order valence-electron chi connectivity index (χ1n) is 11.4. The van der Waals surface area contributed by atoms with Crippen molar-refractivity contribution in [1.29, 1.82) is 0 Å². The van der Waals surface area contributed by atoms with Crippen molar-refractivity contribution in [1.82, 2.24) is 9.55 Å². The van der Waals surface area contributed by atoms with E-state index in [2.05, 4.69) is 47.9 Å². The molecule has 0 aliphatic rings. The fraction of sp³-hybridized carbons (Fsp3) is 0.500. The molecule has 0 N–H and O–H groups in total. The quantitative estimate of drug-likeness (QED) is 0.288. The smallest absolute Gasteiger partial charge is 0.118 e. The zero-order chi connectivity index (χ0) is 20.3. The summed E-state index contributed by atoms with van der Waals surface area (Å²) in [6.07, 6.45) is 13.1. The van der Waals surface area contributed by atoms with E-state index in [1.54, 1.807) is 7.11 Å². The molecule has 0 amide bonds. The molecule has 2 aromatic carbocycles. The Hall–Kier alpha value is -2.29. The van der Waals surface area contributed by atoms with Crippen LogP contribution >= 0.6 is 0 Å². The molecule has 29 heavy (non-hydrogen) atoms. The highest BCUT2D eigenvalue weighted by molar-refractivity contribution is 5.76. The van der Waals surface area contributed by atoms with E-state index >= 15 is 0 Å². The van der Waals surface area contributed by atoms with Crippen LogP contribution in [-0.4, -0.2) is 16.7 Å². The van der Waals surface area contributed by atoms with Gasteiger partial charge < -0.3 is 9.30 Å². The number of ether oxygens (including phenoxy) is 1. The maximum absolute atomic E-state index is 5.28. The molecule has 156 valence electrons. The number of hydrogen-bond acceptors (Lipinski definition) is 2. The highest BCUT2D eigenvalue weighted by Gasteiger charge is 2.11. The van der Waals surface area contributed by atoms with Crippen molar-refractivity contribution in [2.24, 2.45) is 0 Å². The van der Waals surface area contributed by atoms with E-state index in [0.717, 1.165) is 30.1 Å². The van der Waals surface area contributed by atoms with Crippen LogP contribution in [0.2, 0.25) is 0 Å². The zero-order valence-electron chi connectivity index (χ0n) is 18.2. The first-order valence-corrected chi connectivity index (χ1v) is 11.4. The van der Waals surface area contributed by atoms with Gasteiger partial charge in [0.25, 0.3) is 0 Å². The Kier molecular flexibility index (Phi) is 8.60. The number of rotatable bonds is 13. The fourth-order valence-corrected chi connectivity index (χ4v) is 4.02. The summed E-state index contributed by atoms with van der Waals surface area (Å²) in [5.74, 6) is 2.06. The second-order valence-electron chi connectivity index (χ2n) is 8.02. The molecule has 0 saturated heterocycles. The van der Waals surface area contributed by atoms with Crippen molar-refractivity contribution in [2.75, 3.05) is 7.11 Å². The first kappa shape index (κ1) is 21.4. The van der Waals surface area contributed by atoms with Gasteiger partial charge in [0, 0.05) is 13.0 Å². The molecule has 3 heteroatoms. The third-order valence-electron chi connectivity index (χ3n) is 5.74. The number of aryl methyl sites for hydroxylation is 1. The summed E-state index contributed by atoms with van der Waals surface area (Å²) in [7, 11) is 1.71. The van der Waals surface area contributed by atoms with Crippen LogP contribution in [0.5, 0.6) is 5.75 Å². The Labute approximate surface area is 176 Å². The van der Waals surface area contributed by atoms with E-state index < -0.39 is 0 Å². The van der Waals surface area contributed by atoms with Crippen molar-refractivity contribution in [2.45, 2.75) is 77.7 Å². The van der Waals surface area contributed by atoms with Gasteiger partial charge in [0.1, 0.15) is 11.6 Å². The van der Waals surface area contributed by atoms with Gasteiger partial charge >= 0.3 is 0 Å². The molecule has 1 aromatic heterocycles. The van der Waals surface area contributed by atoms with Gasteiger partial charge in [-0.3, -0.25) is 0 Å². The SMILES string of the molecule is CCCCCCCCCCCn1c(Cc2ccc(OC)cc2)nc2ccccc21. The average Bonchev–Trinajstić information content (AvgIpc) is 3.10. The lowest BCUT2D eigenvalue weighted by molar-refractivity contribution is 0.414. The van der Waals surface area contributed by atoms with Crippen LogP contribution in [0, 0.1) is 0 Å². The zero-order valence-corrected chi connectivity index (χ0v) is 18.2. The lowest BCUT2D eigenvalue weighted by Crippen LogP contribution is -2.05. The summed E-state index contributed by atoms with van der Waals surface area (Å²) in [5, 5.41) is 0. The predicted octanol–water partition coefficient (Wildman–Crippen LogP) is 7.17. The topological polar surface area (TPSA) is 27.1 Å². The number of hydrogen-bond donors (Lipinski definition) is 0. The molecular weight excluding hydrogens is 356 g/mol. The van der Waals surface area contributed by atoms with E-state index in [-0.39, 0.29) is 0 Å². The van der Waals surface area contributed by atoms with Crippen LogP contribution in [0.25, 0.3) is 11.0 Å². The van der Waals surface area contributed by atoms with Gasteiger partial charge in [-0.2, -0.15) is 0 Å². The minimum atomic E-state index is 0.857. The average molecular weight is 393 g/mol. The Morgan fingerprint density at radius 1 is 0.793 bits per heavy atom. The molecule has 0 aliphatic carbocycles. The molecule has 1 heterocycles. The van der Waals surface area contributed by atoms with Crippen molar-refractivity contribution in [3.63, 3.8) is 0 Å². The van der Waals surface area contributed by atoms with Crippen LogP contribution in [0.1, 0.15) is 76.1 Å². The van der Waals surface area contributed by atoms with Crippen molar-refractivity contribution >= 4 is 11.0 Å². The van der Waals surface area contributed by atoms with E-state index in [1.165, 1.54) is 68.9 Å². The van der Waals surface area contributed by atoms with E-state index in [1.807, 2.05) is 12.1 Å². The summed E-state index contributed by atoms with van der Waals surface area (Å²) < 4.78 is 7.71. The molecule has 0 spiro atoms. The summed E-state index contributed by atoms with van der Waals surface area (Å²) >= 11 is 0. The third-order valence-corrected chi connectivity index (χ3v) is 5.74. The number of aromatic nitrogens is 2. The van der Waals surface area contributed by atoms with Crippen LogP contribution in [-0.2, 0) is 13.0 Å². The van der Waals surface area contributed by atoms with Crippen molar-refractivity contribution in [3.8, 4) is 5.75 Å². The molecule has 3 rings (SSSR count). The second kappa shape index (κ2) is 11.6. The highest BCUT2D eigenvalue weighted by Crippen LogP contribution is 2.21. The highest BCUT2D eigenvalue weighted by atomic mass is 16.5. The number of fused-ring (bicyclic) bond motifs is 1. The molecule has 0 saturated carbocycles. The maximum Gasteiger partial charge on any atom is 0.118 e. The van der Waals surface area contributed by atoms with Crippen LogP contribution in [0.3, 0.4) is 0 Å². The number of para-hydroxylation sites is 2. The second-order valence-corrected chi connectivity index (χ2v) is 8.02. The Bertz CT molecular complexity index is 851. The largest absolute Gasteiger partial charge is 0.497 e. The lowest BCUT2D eigenvalue weighted by Gasteiger charge is -2.10. The molecular formula is C26H36N2O. The van der Waals surface area contributed by atoms with E-state index in [4.69, 9.17) is 9.72 Å². The van der Waals surface area contributed by atoms with Crippen molar-refractivity contribution < 1.29 is 4.74 Å². The minimum absolute atomic E-state index is 0.857. The van der Waals surface area contributed by atoms with Gasteiger partial charge in [-0.25, -0.2) is 4.98 Å². The summed E-state index contributed by atoms with van der Waals surface area (Å²) in [5.41, 5.74) is 3.64. The standard InChI is InChI=1S/C26H36N2O/c1-3-4-5-6-7-8-9-10-13-20-28-25-15-12-11-14-24(25)27-26(28)21-22-16-18-23(29-2)19-17-22/h11-12,14-19H,3-10,13,20-21H2,1-2H3. The van der Waals surface area contributed by atoms with E-state index in [0.29, 0.717) is 0 Å². The Morgan fingerprint density at radius 3 is 2.14 bits per heavy atom. The molecule has 3 nitrogen and oxygen atoms in total. The molecule has 0 atom stereocenters. The van der Waals surface area contributed by atoms with Gasteiger partial charge in [-0.15, -0.1) is 0 Å². The van der Waals surface area contributed by atoms with Gasteiger partial charge in [0.2, 0.25) is 0 Å². The number of benzene rings is 2. The van der Waals surface area contributed by atoms with Gasteiger partial charge in [-0.05, 0) is 36.2 Å². The molecule has 0 unspecified atom stereocenters. The van der Waals surface area contributed by atoms with E-state index in [9.17, 15) is 0 Å². The third kappa shape index (κ3) is 6.35. The van der Waals surface area contributed by atoms with Crippen LogP contribution in [0.4, 0.5) is 0 Å². The molecule has 0 radical (unpaired) electrons. The summed E-state index contributed by atoms with van der Waals surface area (Å²) in [6.45, 7) is 3.34. The Morgan fingerprint density at radius 2 is 1.45 bits per heavy atom.